The quantitative estimate of drug-likeness (QED) is 0.855. The van der Waals surface area contributed by atoms with Gasteiger partial charge < -0.3 is 15.1 Å². The van der Waals surface area contributed by atoms with E-state index in [9.17, 15) is 14.0 Å². The lowest BCUT2D eigenvalue weighted by Gasteiger charge is -2.32. The average molecular weight is 329 g/mol. The third-order valence-electron chi connectivity index (χ3n) is 3.77. The molecule has 2 aromatic rings. The van der Waals surface area contributed by atoms with Gasteiger partial charge in [-0.15, -0.1) is 0 Å². The molecule has 1 aliphatic rings. The van der Waals surface area contributed by atoms with Gasteiger partial charge >= 0.3 is 0 Å². The van der Waals surface area contributed by atoms with Crippen molar-refractivity contribution in [3.8, 4) is 0 Å². The summed E-state index contributed by atoms with van der Waals surface area (Å²) in [5.74, 6) is -0.380. The first-order chi connectivity index (χ1) is 11.7. The molecular weight excluding hydrogens is 313 g/mol. The van der Waals surface area contributed by atoms with E-state index in [1.165, 1.54) is 18.5 Å². The Morgan fingerprint density at radius 3 is 2.42 bits per heavy atom. The fourth-order valence-electron chi connectivity index (χ4n) is 2.40. The molecule has 1 saturated heterocycles. The molecule has 7 nitrogen and oxygen atoms in total. The van der Waals surface area contributed by atoms with Crippen LogP contribution in [0.3, 0.4) is 0 Å². The molecule has 2 heterocycles. The molecule has 1 N–H and O–H groups in total. The Balaban J connectivity index is 1.65. The van der Waals surface area contributed by atoms with Crippen LogP contribution in [0.1, 0.15) is 10.4 Å². The number of halogens is 1. The molecule has 1 aliphatic heterocycles. The minimum Gasteiger partial charge on any atom is -0.342 e. The van der Waals surface area contributed by atoms with E-state index < -0.39 is 5.82 Å². The maximum Gasteiger partial charge on any atom is 0.257 e. The van der Waals surface area contributed by atoms with Crippen LogP contribution in [0.2, 0.25) is 0 Å². The number of nitrogens with zero attached hydrogens (tertiary/aromatic N) is 4. The van der Waals surface area contributed by atoms with Gasteiger partial charge in [0.05, 0.1) is 11.3 Å². The van der Waals surface area contributed by atoms with E-state index >= 15 is 0 Å². The Bertz CT molecular complexity index is 730. The van der Waals surface area contributed by atoms with Gasteiger partial charge in [-0.05, 0) is 12.1 Å². The van der Waals surface area contributed by atoms with Crippen LogP contribution in [0, 0.1) is 5.82 Å². The third kappa shape index (κ3) is 3.48. The summed E-state index contributed by atoms with van der Waals surface area (Å²) in [5, 5.41) is 2.76. The number of hydrogen-bond acceptors (Lipinski definition) is 5. The van der Waals surface area contributed by atoms with Crippen molar-refractivity contribution < 1.29 is 14.0 Å². The molecule has 0 bridgehead atoms. The highest BCUT2D eigenvalue weighted by molar-refractivity contribution is 5.93. The second kappa shape index (κ2) is 7.03. The van der Waals surface area contributed by atoms with Crippen molar-refractivity contribution in [1.29, 1.82) is 0 Å². The van der Waals surface area contributed by atoms with Crippen molar-refractivity contribution in [3.05, 3.63) is 48.0 Å². The van der Waals surface area contributed by atoms with Crippen LogP contribution in [0.25, 0.3) is 0 Å². The monoisotopic (exact) mass is 329 g/mol. The Labute approximate surface area is 138 Å². The fourth-order valence-corrected chi connectivity index (χ4v) is 2.40. The van der Waals surface area contributed by atoms with Crippen molar-refractivity contribution in [3.63, 3.8) is 0 Å². The molecule has 2 amide bonds. The molecule has 0 radical (unpaired) electrons. The van der Waals surface area contributed by atoms with E-state index in [-0.39, 0.29) is 17.5 Å². The number of para-hydroxylation sites is 1. The highest BCUT2D eigenvalue weighted by Crippen LogP contribution is 2.16. The van der Waals surface area contributed by atoms with E-state index in [4.69, 9.17) is 0 Å². The predicted molar refractivity (Wildman–Crippen MR) is 85.3 cm³/mol. The SMILES string of the molecule is O=CN1CCN(C(=O)c2cnc(Nc3ccccc3F)nc2)CC1. The largest absolute Gasteiger partial charge is 0.342 e. The Kier molecular flexibility index (Phi) is 4.64. The van der Waals surface area contributed by atoms with Gasteiger partial charge in [-0.2, -0.15) is 0 Å². The minimum atomic E-state index is -0.408. The molecule has 0 aliphatic carbocycles. The van der Waals surface area contributed by atoms with Crippen molar-refractivity contribution in [2.24, 2.45) is 0 Å². The zero-order valence-corrected chi connectivity index (χ0v) is 12.9. The molecule has 124 valence electrons. The van der Waals surface area contributed by atoms with Crippen LogP contribution < -0.4 is 5.32 Å². The Hall–Kier alpha value is -3.03. The van der Waals surface area contributed by atoms with Crippen LogP contribution in [-0.2, 0) is 4.79 Å². The molecular formula is C16H16FN5O2. The summed E-state index contributed by atoms with van der Waals surface area (Å²) in [6, 6.07) is 6.19. The summed E-state index contributed by atoms with van der Waals surface area (Å²) >= 11 is 0. The predicted octanol–water partition coefficient (Wildman–Crippen LogP) is 1.27. The lowest BCUT2D eigenvalue weighted by Crippen LogP contribution is -2.48. The summed E-state index contributed by atoms with van der Waals surface area (Å²) in [4.78, 5) is 34.5. The molecule has 1 aromatic heterocycles. The molecule has 1 aromatic carbocycles. The first-order valence-corrected chi connectivity index (χ1v) is 7.49. The van der Waals surface area contributed by atoms with Crippen molar-refractivity contribution in [1.82, 2.24) is 19.8 Å². The molecule has 1 fully saturated rings. The highest BCUT2D eigenvalue weighted by Gasteiger charge is 2.21. The Morgan fingerprint density at radius 1 is 1.12 bits per heavy atom. The first-order valence-electron chi connectivity index (χ1n) is 7.49. The molecule has 24 heavy (non-hydrogen) atoms. The van der Waals surface area contributed by atoms with Crippen LogP contribution in [0.5, 0.6) is 0 Å². The topological polar surface area (TPSA) is 78.4 Å². The van der Waals surface area contributed by atoms with E-state index in [0.29, 0.717) is 31.7 Å². The smallest absolute Gasteiger partial charge is 0.257 e. The second-order valence-corrected chi connectivity index (χ2v) is 5.33. The van der Waals surface area contributed by atoms with Crippen LogP contribution in [-0.4, -0.2) is 58.3 Å². The van der Waals surface area contributed by atoms with Crippen LogP contribution in [0.15, 0.2) is 36.7 Å². The molecule has 3 rings (SSSR count). The zero-order chi connectivity index (χ0) is 16.9. The first kappa shape index (κ1) is 15.9. The number of aromatic nitrogens is 2. The zero-order valence-electron chi connectivity index (χ0n) is 12.9. The number of carbonyl (C=O) groups is 2. The number of benzene rings is 1. The lowest BCUT2D eigenvalue weighted by atomic mass is 10.2. The number of rotatable bonds is 4. The van der Waals surface area contributed by atoms with Crippen molar-refractivity contribution in [2.45, 2.75) is 0 Å². The van der Waals surface area contributed by atoms with Gasteiger partial charge in [-0.25, -0.2) is 14.4 Å². The van der Waals surface area contributed by atoms with Gasteiger partial charge in [0.15, 0.2) is 0 Å². The molecule has 0 spiro atoms. The third-order valence-corrected chi connectivity index (χ3v) is 3.77. The van der Waals surface area contributed by atoms with Gasteiger partial charge in [0.2, 0.25) is 12.4 Å². The normalized spacial score (nSPS) is 14.4. The Morgan fingerprint density at radius 2 is 1.79 bits per heavy atom. The summed E-state index contributed by atoms with van der Waals surface area (Å²) in [6.45, 7) is 1.99. The molecule has 8 heteroatoms. The van der Waals surface area contributed by atoms with Crippen LogP contribution in [0.4, 0.5) is 16.0 Å². The summed E-state index contributed by atoms with van der Waals surface area (Å²) in [6.07, 6.45) is 3.60. The fraction of sp³-hybridized carbons (Fsp3) is 0.250. The summed E-state index contributed by atoms with van der Waals surface area (Å²) in [5.41, 5.74) is 0.621. The van der Waals surface area contributed by atoms with Gasteiger partial charge in [-0.1, -0.05) is 12.1 Å². The number of piperazine rings is 1. The maximum absolute atomic E-state index is 13.6. The van der Waals surface area contributed by atoms with Crippen molar-refractivity contribution >= 4 is 24.0 Å². The van der Waals surface area contributed by atoms with Gasteiger partial charge in [0.25, 0.3) is 5.91 Å². The van der Waals surface area contributed by atoms with E-state index in [1.54, 1.807) is 28.0 Å². The molecule has 0 saturated carbocycles. The summed E-state index contributed by atoms with van der Waals surface area (Å²) < 4.78 is 13.6. The van der Waals surface area contributed by atoms with Gasteiger partial charge in [0, 0.05) is 38.6 Å². The molecule has 0 unspecified atom stereocenters. The number of nitrogens with one attached hydrogen (secondary N) is 1. The summed E-state index contributed by atoms with van der Waals surface area (Å²) in [7, 11) is 0. The number of anilines is 2. The van der Waals surface area contributed by atoms with Gasteiger partial charge in [0.1, 0.15) is 5.82 Å². The van der Waals surface area contributed by atoms with Crippen LogP contribution >= 0.6 is 0 Å². The molecule has 0 atom stereocenters. The van der Waals surface area contributed by atoms with E-state index in [0.717, 1.165) is 6.41 Å². The lowest BCUT2D eigenvalue weighted by molar-refractivity contribution is -0.119. The van der Waals surface area contributed by atoms with Crippen molar-refractivity contribution in [2.75, 3.05) is 31.5 Å². The minimum absolute atomic E-state index is 0.182. The van der Waals surface area contributed by atoms with Gasteiger partial charge in [-0.3, -0.25) is 9.59 Å². The highest BCUT2D eigenvalue weighted by atomic mass is 19.1. The number of amides is 2. The standard InChI is InChI=1S/C16H16FN5O2/c17-13-3-1-2-4-14(13)20-16-18-9-12(10-19-16)15(24)22-7-5-21(11-23)6-8-22/h1-4,9-11H,5-8H2,(H,18,19,20). The average Bonchev–Trinajstić information content (AvgIpc) is 2.64. The second-order valence-electron chi connectivity index (χ2n) is 5.33. The van der Waals surface area contributed by atoms with E-state index in [2.05, 4.69) is 15.3 Å². The number of hydrogen-bond donors (Lipinski definition) is 1. The maximum atomic E-state index is 13.6. The number of carbonyl (C=O) groups excluding carboxylic acids is 2. The van der Waals surface area contributed by atoms with E-state index in [1.807, 2.05) is 0 Å².